The predicted octanol–water partition coefficient (Wildman–Crippen LogP) is -0.842. The van der Waals surface area contributed by atoms with Gasteiger partial charge in [0.2, 0.25) is 0 Å². The lowest BCUT2D eigenvalue weighted by molar-refractivity contribution is -0.849. The summed E-state index contributed by atoms with van der Waals surface area (Å²) in [6.45, 7) is 3.29. The topological polar surface area (TPSA) is 110 Å². The van der Waals surface area contributed by atoms with Crippen molar-refractivity contribution in [1.82, 2.24) is 0 Å². The van der Waals surface area contributed by atoms with E-state index in [4.69, 9.17) is 0 Å². The van der Waals surface area contributed by atoms with Gasteiger partial charge in [0.15, 0.2) is 0 Å². The van der Waals surface area contributed by atoms with E-state index in [0.717, 1.165) is 25.3 Å². The highest BCUT2D eigenvalue weighted by Gasteiger charge is 2.33. The number of quaternary nitrogens is 1. The Kier molecular flexibility index (Phi) is 12.3. The predicted molar refractivity (Wildman–Crippen MR) is 68.6 cm³/mol. The second-order valence-corrected chi connectivity index (χ2v) is 4.80. The first kappa shape index (κ1) is 22.6. The molecule has 0 aliphatic rings. The van der Waals surface area contributed by atoms with Crippen LogP contribution in [0.25, 0.3) is 0 Å². The van der Waals surface area contributed by atoms with Crippen molar-refractivity contribution in [3.8, 4) is 0 Å². The Morgan fingerprint density at radius 1 is 0.737 bits per heavy atom. The van der Waals surface area contributed by atoms with Crippen LogP contribution in [-0.4, -0.2) is 63.4 Å². The van der Waals surface area contributed by atoms with Crippen LogP contribution in [0.1, 0.15) is 20.8 Å². The number of nitrogens with zero attached hydrogens (tertiary/aromatic N) is 1. The van der Waals surface area contributed by atoms with Crippen molar-refractivity contribution in [2.24, 2.45) is 0 Å². The van der Waals surface area contributed by atoms with Crippen molar-refractivity contribution in [2.75, 3.05) is 28.2 Å². The van der Waals surface area contributed by atoms with E-state index in [0.29, 0.717) is 0 Å². The number of carbonyl (C=O) groups is 3. The van der Waals surface area contributed by atoms with Gasteiger partial charge in [-0.2, -0.15) is 0 Å². The van der Waals surface area contributed by atoms with Crippen molar-refractivity contribution in [3.63, 3.8) is 0 Å². The third-order valence-corrected chi connectivity index (χ3v) is 0.787. The van der Waals surface area contributed by atoms with Crippen LogP contribution in [0.5, 0.6) is 0 Å². The van der Waals surface area contributed by atoms with Crippen LogP contribution in [0, 0.1) is 0 Å². The van der Waals surface area contributed by atoms with E-state index < -0.39 is 25.2 Å². The van der Waals surface area contributed by atoms with Gasteiger partial charge in [0.05, 0.1) is 28.2 Å². The number of hydrogen-bond donors (Lipinski definition) is 0. The molecule has 8 nitrogen and oxygen atoms in total. The summed E-state index contributed by atoms with van der Waals surface area (Å²) in [5.41, 5.74) is 0. The molecule has 0 amide bonds. The average molecular weight is 280 g/mol. The molecule has 0 aliphatic carbocycles. The van der Waals surface area contributed by atoms with E-state index in [-0.39, 0.29) is 5.48 Å². The van der Waals surface area contributed by atoms with Crippen LogP contribution in [0.15, 0.2) is 0 Å². The molecule has 0 saturated heterocycles. The lowest BCUT2D eigenvalue weighted by atomic mass is 10.2. The monoisotopic (exact) mass is 280 g/mol. The van der Waals surface area contributed by atoms with Crippen LogP contribution in [-0.2, 0) is 28.3 Å². The van der Waals surface area contributed by atoms with Crippen LogP contribution in [0.4, 0.5) is 0 Å². The highest BCUT2D eigenvalue weighted by atomic mass is 16.8. The first-order valence-electron chi connectivity index (χ1n) is 5.22. The summed E-state index contributed by atoms with van der Waals surface area (Å²) in [6, 6.07) is 0. The summed E-state index contributed by atoms with van der Waals surface area (Å²) < 4.78 is 14.0. The highest BCUT2D eigenvalue weighted by molar-refractivity contribution is 6.43. The summed E-state index contributed by atoms with van der Waals surface area (Å²) in [6.07, 6.45) is 0. The van der Waals surface area contributed by atoms with E-state index >= 15 is 0 Å². The van der Waals surface area contributed by atoms with Crippen molar-refractivity contribution in [3.05, 3.63) is 0 Å². The van der Waals surface area contributed by atoms with E-state index in [1.54, 1.807) is 0 Å². The van der Waals surface area contributed by atoms with Gasteiger partial charge in [0.25, 0.3) is 17.9 Å². The van der Waals surface area contributed by atoms with E-state index in [2.05, 4.69) is 42.2 Å². The fourth-order valence-electron chi connectivity index (χ4n) is 0.479. The van der Waals surface area contributed by atoms with Gasteiger partial charge < -0.3 is 23.9 Å². The molecule has 0 aliphatic heterocycles. The van der Waals surface area contributed by atoms with Crippen LogP contribution in [0.2, 0.25) is 0 Å². The van der Waals surface area contributed by atoms with Crippen LogP contribution in [0.3, 0.4) is 0 Å². The third-order valence-electron chi connectivity index (χ3n) is 0.787. The summed E-state index contributed by atoms with van der Waals surface area (Å²) in [4.78, 5) is 31.2. The van der Waals surface area contributed by atoms with Gasteiger partial charge in [-0.05, 0) is 0 Å². The number of rotatable bonds is 3. The Morgan fingerprint density at radius 2 is 0.895 bits per heavy atom. The summed E-state index contributed by atoms with van der Waals surface area (Å²) >= 11 is 0. The minimum Gasteiger partial charge on any atom is -0.462 e. The molecule has 0 fully saturated rings. The minimum atomic E-state index is -1.59. The fourth-order valence-corrected chi connectivity index (χ4v) is 0.479. The lowest BCUT2D eigenvalue weighted by Gasteiger charge is -2.14. The maximum Gasteiger partial charge on any atom is 0.870 e. The second kappa shape index (κ2) is 10.3. The largest absolute Gasteiger partial charge is 0.870 e. The minimum absolute atomic E-state index is 0. The molecule has 0 aromatic carbocycles. The zero-order valence-corrected chi connectivity index (χ0v) is 12.5. The van der Waals surface area contributed by atoms with E-state index in [1.807, 2.05) is 0 Å². The van der Waals surface area contributed by atoms with Crippen molar-refractivity contribution < 1.29 is 38.3 Å². The molecule has 0 aromatic rings. The highest BCUT2D eigenvalue weighted by Crippen LogP contribution is 1.94. The van der Waals surface area contributed by atoms with Crippen molar-refractivity contribution >= 4 is 25.2 Å². The normalized spacial score (nSPS) is 9.00. The molecular formula is C10H23BNO7+. The van der Waals surface area contributed by atoms with Gasteiger partial charge in [-0.3, -0.25) is 14.4 Å². The Bertz CT molecular complexity index is 257. The molecule has 0 aromatic heterocycles. The maximum absolute atomic E-state index is 10.4. The van der Waals surface area contributed by atoms with Gasteiger partial charge in [-0.25, -0.2) is 0 Å². The van der Waals surface area contributed by atoms with Gasteiger partial charge >= 0.3 is 7.32 Å². The summed E-state index contributed by atoms with van der Waals surface area (Å²) in [7, 11) is 6.91. The lowest BCUT2D eigenvalue weighted by Crippen LogP contribution is -2.32. The van der Waals surface area contributed by atoms with Gasteiger partial charge in [-0.15, -0.1) is 0 Å². The Labute approximate surface area is 113 Å². The molecular weight excluding hydrogens is 257 g/mol. The van der Waals surface area contributed by atoms with Gasteiger partial charge in [-0.1, -0.05) is 0 Å². The van der Waals surface area contributed by atoms with E-state index in [1.165, 1.54) is 0 Å². The zero-order chi connectivity index (χ0) is 14.9. The Morgan fingerprint density at radius 3 is 1.00 bits per heavy atom. The van der Waals surface area contributed by atoms with Crippen molar-refractivity contribution in [1.29, 1.82) is 0 Å². The molecule has 2 N–H and O–H groups in total. The first-order chi connectivity index (χ1) is 7.91. The maximum atomic E-state index is 10.4. The molecule has 0 saturated carbocycles. The molecule has 0 bridgehead atoms. The number of carbonyl (C=O) groups excluding carboxylic acids is 3. The molecule has 0 rings (SSSR count). The summed E-state index contributed by atoms with van der Waals surface area (Å²) in [5.74, 6) is -2.15. The molecule has 0 atom stereocenters. The third kappa shape index (κ3) is 31.4. The first-order valence-corrected chi connectivity index (χ1v) is 5.22. The average Bonchev–Trinajstić information content (AvgIpc) is 1.94. The summed E-state index contributed by atoms with van der Waals surface area (Å²) in [5, 5.41) is 0. The van der Waals surface area contributed by atoms with Gasteiger partial charge in [0, 0.05) is 20.8 Å². The van der Waals surface area contributed by atoms with Crippen molar-refractivity contribution in [2.45, 2.75) is 20.8 Å². The molecule has 9 heteroatoms. The molecule has 0 spiro atoms. The number of hydrogen-bond acceptors (Lipinski definition) is 6. The Hall–Kier alpha value is -1.61. The fraction of sp³-hybridized carbons (Fsp3) is 0.700. The molecule has 19 heavy (non-hydrogen) atoms. The molecule has 0 radical (unpaired) electrons. The SMILES string of the molecule is CC(=O)OB(OC(C)=O)OC(C)=O.C[N+](C)(C)C.O. The van der Waals surface area contributed by atoms with Gasteiger partial charge in [0.1, 0.15) is 0 Å². The molecule has 112 valence electrons. The molecule has 0 unspecified atom stereocenters. The van der Waals surface area contributed by atoms with E-state index in [9.17, 15) is 14.4 Å². The second-order valence-electron chi connectivity index (χ2n) is 4.80. The molecule has 0 heterocycles. The smallest absolute Gasteiger partial charge is 0.462 e. The van der Waals surface area contributed by atoms with Crippen LogP contribution >= 0.6 is 0 Å². The quantitative estimate of drug-likeness (QED) is 0.492. The van der Waals surface area contributed by atoms with Crippen LogP contribution < -0.4 is 0 Å². The Balaban J connectivity index is -0.000000366. The zero-order valence-electron chi connectivity index (χ0n) is 12.5. The standard InChI is InChI=1S/C6H9BO6.C4H12N.H2O/c1-4(8)11-7(12-5(2)9)13-6(3)10;1-5(2,3)4;/h1-3H3;1-4H3;1H2/q;+1;.